The summed E-state index contributed by atoms with van der Waals surface area (Å²) in [4.78, 5) is 38.9. The molecule has 13 nitrogen and oxygen atoms in total. The van der Waals surface area contributed by atoms with Crippen molar-refractivity contribution < 1.29 is 39.9 Å². The molecule has 1 spiro atoms. The van der Waals surface area contributed by atoms with Gasteiger partial charge in [-0.25, -0.2) is 14.4 Å². The van der Waals surface area contributed by atoms with Crippen LogP contribution >= 0.6 is 35.3 Å². The SMILES string of the molecule is Cc1cc2c3c(c1C)NN(n1c(O)ccc1O)C(=O)N3C(C)(O)C1=C2C2(SC(C(=O)O)=C(C(=O)O)S2)C(C)C(=N)S1. The number of hydrazine groups is 1. The summed E-state index contributed by atoms with van der Waals surface area (Å²) in [5.41, 5.74) is 3.77. The predicted octanol–water partition coefficient (Wildman–Crippen LogP) is 3.77. The van der Waals surface area contributed by atoms with Crippen molar-refractivity contribution >= 4 is 75.2 Å². The summed E-state index contributed by atoms with van der Waals surface area (Å²) < 4.78 is -0.529. The van der Waals surface area contributed by atoms with E-state index in [0.717, 1.165) is 55.5 Å². The number of urea groups is 1. The predicted molar refractivity (Wildman–Crippen MR) is 156 cm³/mol. The van der Waals surface area contributed by atoms with Gasteiger partial charge in [0.2, 0.25) is 11.8 Å². The van der Waals surface area contributed by atoms with Crippen molar-refractivity contribution in [2.75, 3.05) is 15.4 Å². The Morgan fingerprint density at radius 3 is 2.17 bits per heavy atom. The maximum Gasteiger partial charge on any atom is 0.366 e. The summed E-state index contributed by atoms with van der Waals surface area (Å²) in [5.74, 6) is -4.42. The van der Waals surface area contributed by atoms with E-state index in [4.69, 9.17) is 5.41 Å². The molecule has 4 aliphatic heterocycles. The minimum Gasteiger partial charge on any atom is -0.493 e. The van der Waals surface area contributed by atoms with Crippen molar-refractivity contribution in [2.45, 2.75) is 37.5 Å². The molecule has 5 heterocycles. The van der Waals surface area contributed by atoms with Gasteiger partial charge in [0.15, 0.2) is 5.72 Å². The first-order chi connectivity index (χ1) is 19.1. The zero-order valence-electron chi connectivity index (χ0n) is 21.8. The van der Waals surface area contributed by atoms with Crippen molar-refractivity contribution in [3.8, 4) is 11.8 Å². The van der Waals surface area contributed by atoms with Crippen LogP contribution in [-0.2, 0) is 9.59 Å². The number of nitrogens with zero attached hydrogens (tertiary/aromatic N) is 3. The van der Waals surface area contributed by atoms with Crippen molar-refractivity contribution in [3.05, 3.63) is 49.6 Å². The summed E-state index contributed by atoms with van der Waals surface area (Å²) in [6.45, 7) is 6.68. The van der Waals surface area contributed by atoms with Gasteiger partial charge in [0.25, 0.3) is 0 Å². The number of fused-ring (bicyclic) bond motifs is 2. The molecule has 41 heavy (non-hydrogen) atoms. The van der Waals surface area contributed by atoms with Crippen LogP contribution in [0.2, 0.25) is 0 Å². The molecule has 0 bridgehead atoms. The number of anilines is 2. The number of carboxylic acid groups (broad SMARTS) is 2. The number of carbonyl (C=O) groups excluding carboxylic acids is 1. The molecule has 0 saturated carbocycles. The zero-order chi connectivity index (χ0) is 29.9. The van der Waals surface area contributed by atoms with Crippen LogP contribution in [-0.4, -0.2) is 63.0 Å². The van der Waals surface area contributed by atoms with Crippen LogP contribution in [0.4, 0.5) is 16.2 Å². The van der Waals surface area contributed by atoms with Gasteiger partial charge >= 0.3 is 18.0 Å². The molecule has 2 amide bonds. The van der Waals surface area contributed by atoms with E-state index >= 15 is 0 Å². The number of aromatic hydroxyl groups is 2. The Balaban J connectivity index is 1.66. The molecule has 214 valence electrons. The normalized spacial score (nSPS) is 24.6. The van der Waals surface area contributed by atoms with Crippen molar-refractivity contribution in [2.24, 2.45) is 5.92 Å². The van der Waals surface area contributed by atoms with E-state index < -0.39 is 45.5 Å². The van der Waals surface area contributed by atoms with Gasteiger partial charge in [0, 0.05) is 34.1 Å². The first kappa shape index (κ1) is 27.4. The molecule has 1 aromatic carbocycles. The Morgan fingerprint density at radius 1 is 1.07 bits per heavy atom. The quantitative estimate of drug-likeness (QED) is 0.263. The van der Waals surface area contributed by atoms with Gasteiger partial charge in [0.1, 0.15) is 13.9 Å². The molecular formula is C25H23N5O8S3. The molecule has 0 radical (unpaired) electrons. The molecule has 16 heteroatoms. The average molecular weight is 618 g/mol. The minimum atomic E-state index is -2.12. The lowest BCUT2D eigenvalue weighted by molar-refractivity contribution is -0.134. The van der Waals surface area contributed by atoms with Crippen LogP contribution in [0.25, 0.3) is 5.57 Å². The molecule has 2 aromatic rings. The van der Waals surface area contributed by atoms with Gasteiger partial charge in [-0.1, -0.05) is 42.2 Å². The van der Waals surface area contributed by atoms with E-state index in [1.54, 1.807) is 19.9 Å². The fourth-order valence-corrected chi connectivity index (χ4v) is 10.3. The fourth-order valence-electron chi connectivity index (χ4n) is 5.48. The fraction of sp³-hybridized carbons (Fsp3) is 0.280. The van der Waals surface area contributed by atoms with Gasteiger partial charge in [0.05, 0.1) is 16.4 Å². The monoisotopic (exact) mass is 617 g/mol. The molecule has 1 aromatic heterocycles. The molecule has 0 aliphatic carbocycles. The van der Waals surface area contributed by atoms with Crippen LogP contribution in [0.5, 0.6) is 11.8 Å². The first-order valence-corrected chi connectivity index (χ1v) is 14.6. The molecule has 7 N–H and O–H groups in total. The number of aromatic nitrogens is 1. The Morgan fingerprint density at radius 2 is 1.63 bits per heavy atom. The second-order valence-corrected chi connectivity index (χ2v) is 13.9. The van der Waals surface area contributed by atoms with Crippen molar-refractivity contribution in [3.63, 3.8) is 0 Å². The number of aliphatic carboxylic acids is 2. The van der Waals surface area contributed by atoms with Crippen LogP contribution in [0.3, 0.4) is 0 Å². The van der Waals surface area contributed by atoms with Gasteiger partial charge in [-0.15, -0.1) is 5.12 Å². The highest BCUT2D eigenvalue weighted by molar-refractivity contribution is 8.27. The topological polar surface area (TPSA) is 200 Å². The average Bonchev–Trinajstić information content (AvgIpc) is 3.45. The number of nitrogens with one attached hydrogen (secondary N) is 2. The Kier molecular flexibility index (Phi) is 5.78. The second kappa shape index (κ2) is 8.64. The third-order valence-corrected chi connectivity index (χ3v) is 12.5. The van der Waals surface area contributed by atoms with Crippen molar-refractivity contribution in [1.29, 1.82) is 5.41 Å². The third-order valence-electron chi connectivity index (χ3n) is 7.64. The lowest BCUT2D eigenvalue weighted by Gasteiger charge is -2.54. The number of aliphatic hydroxyl groups is 1. The number of rotatable bonds is 3. The van der Waals surface area contributed by atoms with E-state index in [1.807, 2.05) is 6.92 Å². The molecule has 6 rings (SSSR count). The van der Waals surface area contributed by atoms with Gasteiger partial charge in [-0.2, -0.15) is 4.68 Å². The smallest absolute Gasteiger partial charge is 0.366 e. The number of carboxylic acids is 2. The van der Waals surface area contributed by atoms with E-state index in [1.165, 1.54) is 19.1 Å². The third kappa shape index (κ3) is 3.44. The first-order valence-electron chi connectivity index (χ1n) is 12.1. The number of hydrogen-bond acceptors (Lipinski definition) is 11. The Bertz CT molecular complexity index is 1670. The van der Waals surface area contributed by atoms with Crippen LogP contribution in [0.1, 0.15) is 30.5 Å². The molecule has 2 unspecified atom stereocenters. The van der Waals surface area contributed by atoms with Crippen LogP contribution in [0.15, 0.2) is 32.9 Å². The number of hydrogen-bond donors (Lipinski definition) is 7. The summed E-state index contributed by atoms with van der Waals surface area (Å²) in [6.07, 6.45) is 0. The lowest BCUT2D eigenvalue weighted by atomic mass is 9.83. The standard InChI is InChI=1S/C25H23N5O8S3/c1-8-7-11-14-19(39-20(26)10(3)25(14)40-17(21(33)34)18(41-25)22(35)36)24(4,38)28-16(11)15(9(8)2)27-30(23(28)37)29-12(31)5-6-13(29)32/h5-7,10,26-27,31-32,38H,1-4H3,(H,33,34)(H,35,36). The number of amides is 2. The van der Waals surface area contributed by atoms with Crippen molar-refractivity contribution in [1.82, 2.24) is 4.68 Å². The maximum absolute atomic E-state index is 14.1. The highest BCUT2D eigenvalue weighted by Gasteiger charge is 2.62. The molecule has 0 saturated heterocycles. The molecular weight excluding hydrogens is 595 g/mol. The number of thioether (sulfide) groups is 3. The van der Waals surface area contributed by atoms with E-state index in [-0.39, 0.29) is 25.4 Å². The summed E-state index contributed by atoms with van der Waals surface area (Å²) >= 11 is 2.57. The largest absolute Gasteiger partial charge is 0.493 e. The van der Waals surface area contributed by atoms with Gasteiger partial charge in [-0.05, 0) is 38.0 Å². The van der Waals surface area contributed by atoms with E-state index in [0.29, 0.717) is 22.4 Å². The molecule has 4 aliphatic rings. The summed E-state index contributed by atoms with van der Waals surface area (Å²) in [7, 11) is 0. The van der Waals surface area contributed by atoms with E-state index in [9.17, 15) is 39.9 Å². The zero-order valence-corrected chi connectivity index (χ0v) is 24.3. The Labute approximate surface area is 244 Å². The van der Waals surface area contributed by atoms with Gasteiger partial charge < -0.3 is 25.5 Å². The number of carbonyl (C=O) groups is 3. The maximum atomic E-state index is 14.1. The number of aryl methyl sites for hydroxylation is 1. The van der Waals surface area contributed by atoms with Crippen LogP contribution in [0, 0.1) is 25.2 Å². The van der Waals surface area contributed by atoms with Gasteiger partial charge in [-0.3, -0.25) is 15.7 Å². The second-order valence-electron chi connectivity index (χ2n) is 10.0. The van der Waals surface area contributed by atoms with E-state index in [2.05, 4.69) is 5.43 Å². The van der Waals surface area contributed by atoms with Crippen LogP contribution < -0.4 is 15.4 Å². The molecule has 2 atom stereocenters. The highest BCUT2D eigenvalue weighted by atomic mass is 32.2. The summed E-state index contributed by atoms with van der Waals surface area (Å²) in [5, 5.41) is 62.5. The lowest BCUT2D eigenvalue weighted by Crippen LogP contribution is -2.65. The summed E-state index contributed by atoms with van der Waals surface area (Å²) in [6, 6.07) is 3.30. The minimum absolute atomic E-state index is 0.0491. The highest BCUT2D eigenvalue weighted by Crippen LogP contribution is 2.71. The number of benzene rings is 1. The Hall–Kier alpha value is -3.73. The molecule has 0 fully saturated rings.